The summed E-state index contributed by atoms with van der Waals surface area (Å²) in [6.07, 6.45) is 0.529. The van der Waals surface area contributed by atoms with Gasteiger partial charge >= 0.3 is 0 Å². The molecule has 0 aromatic heterocycles. The highest BCUT2D eigenvalue weighted by Crippen LogP contribution is 2.25. The van der Waals surface area contributed by atoms with E-state index in [1.54, 1.807) is 0 Å². The number of hydrogen-bond donors (Lipinski definition) is 0. The molecular formula is C14H16N2. The second kappa shape index (κ2) is 4.81. The van der Waals surface area contributed by atoms with E-state index in [-0.39, 0.29) is 5.92 Å². The van der Waals surface area contributed by atoms with Crippen LogP contribution in [0, 0.1) is 22.7 Å². The summed E-state index contributed by atoms with van der Waals surface area (Å²) in [6.45, 7) is 5.84. The normalized spacial score (nSPS) is 12.6. The van der Waals surface area contributed by atoms with Crippen molar-refractivity contribution >= 4 is 0 Å². The van der Waals surface area contributed by atoms with Crippen LogP contribution in [-0.4, -0.2) is 0 Å². The monoisotopic (exact) mass is 212 g/mol. The summed E-state index contributed by atoms with van der Waals surface area (Å²) < 4.78 is 0. The molecule has 0 N–H and O–H groups in total. The fraction of sp³-hybridized carbons (Fsp3) is 0.429. The molecular weight excluding hydrogens is 196 g/mol. The molecule has 1 aromatic rings. The van der Waals surface area contributed by atoms with Gasteiger partial charge in [-0.2, -0.15) is 10.5 Å². The van der Waals surface area contributed by atoms with Gasteiger partial charge in [0.2, 0.25) is 0 Å². The molecule has 0 fully saturated rings. The van der Waals surface area contributed by atoms with Gasteiger partial charge in [0.25, 0.3) is 0 Å². The van der Waals surface area contributed by atoms with Crippen molar-refractivity contribution in [2.75, 3.05) is 0 Å². The van der Waals surface area contributed by atoms with Gasteiger partial charge < -0.3 is 0 Å². The minimum absolute atomic E-state index is 0.254. The summed E-state index contributed by atoms with van der Waals surface area (Å²) in [4.78, 5) is 0. The lowest BCUT2D eigenvalue weighted by molar-refractivity contribution is 0.685. The molecule has 0 heterocycles. The van der Waals surface area contributed by atoms with E-state index in [4.69, 9.17) is 10.5 Å². The zero-order valence-electron chi connectivity index (χ0n) is 9.99. The molecule has 0 aliphatic rings. The van der Waals surface area contributed by atoms with Gasteiger partial charge in [-0.05, 0) is 30.9 Å². The van der Waals surface area contributed by atoms with Crippen molar-refractivity contribution in [1.29, 1.82) is 10.5 Å². The predicted octanol–water partition coefficient (Wildman–Crippen LogP) is 3.50. The van der Waals surface area contributed by atoms with Gasteiger partial charge in [0.1, 0.15) is 0 Å². The highest BCUT2D eigenvalue weighted by Gasteiger charge is 2.19. The van der Waals surface area contributed by atoms with Crippen LogP contribution in [-0.2, 0) is 5.41 Å². The van der Waals surface area contributed by atoms with Crippen molar-refractivity contribution in [3.8, 4) is 12.1 Å². The van der Waals surface area contributed by atoms with E-state index in [1.807, 2.05) is 45.0 Å². The zero-order chi connectivity index (χ0) is 12.2. The maximum atomic E-state index is 9.02. The summed E-state index contributed by atoms with van der Waals surface area (Å²) in [5.41, 5.74) is 1.72. The van der Waals surface area contributed by atoms with Crippen molar-refractivity contribution in [1.82, 2.24) is 0 Å². The number of nitriles is 2. The molecule has 0 saturated heterocycles. The maximum absolute atomic E-state index is 9.02. The molecule has 0 radical (unpaired) electrons. The average Bonchev–Trinajstić information content (AvgIpc) is 2.29. The lowest BCUT2D eigenvalue weighted by Gasteiger charge is -2.17. The SMILES string of the molecule is CC(CC#N)c1ccc(C(C)(C)C#N)cc1. The lowest BCUT2D eigenvalue weighted by Crippen LogP contribution is -2.13. The molecule has 16 heavy (non-hydrogen) atoms. The van der Waals surface area contributed by atoms with Crippen molar-refractivity contribution in [2.24, 2.45) is 0 Å². The fourth-order valence-corrected chi connectivity index (χ4v) is 1.55. The summed E-state index contributed by atoms with van der Waals surface area (Å²) in [5.74, 6) is 0.254. The second-order valence-electron chi connectivity index (χ2n) is 4.62. The van der Waals surface area contributed by atoms with Crippen LogP contribution in [0.25, 0.3) is 0 Å². The van der Waals surface area contributed by atoms with Crippen LogP contribution in [0.15, 0.2) is 24.3 Å². The van der Waals surface area contributed by atoms with Crippen molar-refractivity contribution in [3.05, 3.63) is 35.4 Å². The number of benzene rings is 1. The first kappa shape index (κ1) is 12.3. The summed E-state index contributed by atoms with van der Waals surface area (Å²) in [7, 11) is 0. The Morgan fingerprint density at radius 1 is 1.19 bits per heavy atom. The quantitative estimate of drug-likeness (QED) is 0.769. The smallest absolute Gasteiger partial charge is 0.0766 e. The summed E-state index contributed by atoms with van der Waals surface area (Å²) in [6, 6.07) is 12.4. The molecule has 82 valence electrons. The molecule has 2 nitrogen and oxygen atoms in total. The Morgan fingerprint density at radius 3 is 2.19 bits per heavy atom. The van der Waals surface area contributed by atoms with Gasteiger partial charge in [-0.25, -0.2) is 0 Å². The largest absolute Gasteiger partial charge is 0.198 e. The standard InChI is InChI=1S/C14H16N2/c1-11(8-9-15)12-4-6-13(7-5-12)14(2,3)10-16/h4-7,11H,8H2,1-3H3. The Kier molecular flexibility index (Phi) is 3.69. The molecule has 1 atom stereocenters. The zero-order valence-corrected chi connectivity index (χ0v) is 9.99. The Morgan fingerprint density at radius 2 is 1.75 bits per heavy atom. The Labute approximate surface area is 97.1 Å². The second-order valence-corrected chi connectivity index (χ2v) is 4.62. The molecule has 1 unspecified atom stereocenters. The molecule has 0 aliphatic carbocycles. The molecule has 0 aliphatic heterocycles. The van der Waals surface area contributed by atoms with Crippen molar-refractivity contribution in [3.63, 3.8) is 0 Å². The minimum Gasteiger partial charge on any atom is -0.198 e. The van der Waals surface area contributed by atoms with E-state index < -0.39 is 5.41 Å². The van der Waals surface area contributed by atoms with Crippen LogP contribution in [0.2, 0.25) is 0 Å². The van der Waals surface area contributed by atoms with Crippen LogP contribution in [0.4, 0.5) is 0 Å². The van der Waals surface area contributed by atoms with Crippen LogP contribution >= 0.6 is 0 Å². The maximum Gasteiger partial charge on any atom is 0.0766 e. The van der Waals surface area contributed by atoms with Crippen molar-refractivity contribution < 1.29 is 0 Å². The van der Waals surface area contributed by atoms with E-state index in [0.29, 0.717) is 6.42 Å². The molecule has 1 aromatic carbocycles. The van der Waals surface area contributed by atoms with Crippen LogP contribution < -0.4 is 0 Å². The number of hydrogen-bond acceptors (Lipinski definition) is 2. The first-order valence-electron chi connectivity index (χ1n) is 5.40. The van der Waals surface area contributed by atoms with Gasteiger partial charge in [0.15, 0.2) is 0 Å². The van der Waals surface area contributed by atoms with Gasteiger partial charge in [0.05, 0.1) is 17.6 Å². The van der Waals surface area contributed by atoms with Crippen LogP contribution in [0.1, 0.15) is 44.2 Å². The predicted molar refractivity (Wildman–Crippen MR) is 63.7 cm³/mol. The molecule has 2 heteroatoms. The van der Waals surface area contributed by atoms with Gasteiger partial charge in [-0.3, -0.25) is 0 Å². The third-order valence-electron chi connectivity index (χ3n) is 2.88. The van der Waals surface area contributed by atoms with E-state index in [2.05, 4.69) is 12.1 Å². The third-order valence-corrected chi connectivity index (χ3v) is 2.88. The van der Waals surface area contributed by atoms with E-state index in [0.717, 1.165) is 11.1 Å². The first-order chi connectivity index (χ1) is 7.51. The Balaban J connectivity index is 2.93. The highest BCUT2D eigenvalue weighted by atomic mass is 14.3. The third kappa shape index (κ3) is 2.61. The molecule has 1 rings (SSSR count). The van der Waals surface area contributed by atoms with Gasteiger partial charge in [-0.15, -0.1) is 0 Å². The van der Waals surface area contributed by atoms with Crippen LogP contribution in [0.5, 0.6) is 0 Å². The van der Waals surface area contributed by atoms with E-state index in [1.165, 1.54) is 0 Å². The highest BCUT2D eigenvalue weighted by molar-refractivity contribution is 5.33. The minimum atomic E-state index is -0.447. The number of rotatable bonds is 3. The topological polar surface area (TPSA) is 47.6 Å². The van der Waals surface area contributed by atoms with E-state index in [9.17, 15) is 0 Å². The van der Waals surface area contributed by atoms with Crippen molar-refractivity contribution in [2.45, 2.75) is 38.5 Å². The molecule has 0 spiro atoms. The Hall–Kier alpha value is -1.80. The molecule has 0 amide bonds. The first-order valence-corrected chi connectivity index (χ1v) is 5.40. The fourth-order valence-electron chi connectivity index (χ4n) is 1.55. The molecule has 0 saturated carbocycles. The lowest BCUT2D eigenvalue weighted by atomic mass is 9.85. The summed E-state index contributed by atoms with van der Waals surface area (Å²) in [5, 5.41) is 17.6. The number of nitrogens with zero attached hydrogens (tertiary/aromatic N) is 2. The van der Waals surface area contributed by atoms with Crippen LogP contribution in [0.3, 0.4) is 0 Å². The van der Waals surface area contributed by atoms with E-state index >= 15 is 0 Å². The van der Waals surface area contributed by atoms with Gasteiger partial charge in [-0.1, -0.05) is 31.2 Å². The average molecular weight is 212 g/mol. The molecule has 0 bridgehead atoms. The van der Waals surface area contributed by atoms with Gasteiger partial charge in [0, 0.05) is 6.42 Å². The Bertz CT molecular complexity index is 429. The summed E-state index contributed by atoms with van der Waals surface area (Å²) >= 11 is 0.